The van der Waals surface area contributed by atoms with Gasteiger partial charge in [0.05, 0.1) is 12.1 Å². The summed E-state index contributed by atoms with van der Waals surface area (Å²) >= 11 is 0. The molecule has 0 aromatic rings. The van der Waals surface area contributed by atoms with Crippen molar-refractivity contribution in [3.63, 3.8) is 0 Å². The van der Waals surface area contributed by atoms with Crippen molar-refractivity contribution >= 4 is 6.09 Å². The highest BCUT2D eigenvalue weighted by Crippen LogP contribution is 2.18. The van der Waals surface area contributed by atoms with E-state index in [4.69, 9.17) is 9.47 Å². The van der Waals surface area contributed by atoms with Gasteiger partial charge in [-0.3, -0.25) is 0 Å². The molecule has 2 heterocycles. The number of rotatable bonds is 2. The molecular weight excluding hydrogens is 158 g/mol. The van der Waals surface area contributed by atoms with E-state index in [0.717, 1.165) is 25.9 Å². The number of cyclic esters (lactones) is 1. The SMILES string of the molecule is O=C1NC(CC2CCCO2)CO1. The molecule has 2 fully saturated rings. The molecule has 0 aromatic carbocycles. The first-order chi connectivity index (χ1) is 5.84. The summed E-state index contributed by atoms with van der Waals surface area (Å²) in [4.78, 5) is 10.7. The molecule has 12 heavy (non-hydrogen) atoms. The summed E-state index contributed by atoms with van der Waals surface area (Å²) < 4.78 is 10.2. The first-order valence-electron chi connectivity index (χ1n) is 4.39. The fraction of sp³-hybridized carbons (Fsp3) is 0.875. The number of ether oxygens (including phenoxy) is 2. The molecule has 0 aliphatic carbocycles. The van der Waals surface area contributed by atoms with Crippen LogP contribution in [0, 0.1) is 0 Å². The lowest BCUT2D eigenvalue weighted by molar-refractivity contribution is 0.0945. The average molecular weight is 171 g/mol. The summed E-state index contributed by atoms with van der Waals surface area (Å²) in [6, 6.07) is 0.167. The van der Waals surface area contributed by atoms with Crippen molar-refractivity contribution in [1.29, 1.82) is 0 Å². The summed E-state index contributed by atoms with van der Waals surface area (Å²) in [5.41, 5.74) is 0. The lowest BCUT2D eigenvalue weighted by Gasteiger charge is -2.12. The van der Waals surface area contributed by atoms with Crippen LogP contribution in [-0.4, -0.2) is 31.5 Å². The Bertz CT molecular complexity index is 177. The minimum absolute atomic E-state index is 0.167. The molecule has 2 unspecified atom stereocenters. The average Bonchev–Trinajstić information content (AvgIpc) is 2.63. The highest BCUT2D eigenvalue weighted by molar-refractivity contribution is 5.69. The zero-order valence-corrected chi connectivity index (χ0v) is 6.91. The Kier molecular flexibility index (Phi) is 2.17. The van der Waals surface area contributed by atoms with Crippen molar-refractivity contribution in [3.05, 3.63) is 0 Å². The summed E-state index contributed by atoms with van der Waals surface area (Å²) in [5.74, 6) is 0. The monoisotopic (exact) mass is 171 g/mol. The van der Waals surface area contributed by atoms with Crippen LogP contribution in [0.3, 0.4) is 0 Å². The van der Waals surface area contributed by atoms with E-state index in [0.29, 0.717) is 12.7 Å². The van der Waals surface area contributed by atoms with Gasteiger partial charge in [0, 0.05) is 6.61 Å². The van der Waals surface area contributed by atoms with Gasteiger partial charge in [0.1, 0.15) is 6.61 Å². The third-order valence-electron chi connectivity index (χ3n) is 2.31. The summed E-state index contributed by atoms with van der Waals surface area (Å²) in [7, 11) is 0. The number of carbonyl (C=O) groups is 1. The summed E-state index contributed by atoms with van der Waals surface area (Å²) in [6.07, 6.45) is 3.19. The Morgan fingerprint density at radius 2 is 2.50 bits per heavy atom. The van der Waals surface area contributed by atoms with Crippen molar-refractivity contribution in [2.45, 2.75) is 31.4 Å². The molecule has 0 spiro atoms. The third kappa shape index (κ3) is 1.69. The van der Waals surface area contributed by atoms with Gasteiger partial charge in [-0.15, -0.1) is 0 Å². The molecule has 1 N–H and O–H groups in total. The second kappa shape index (κ2) is 3.31. The number of carbonyl (C=O) groups excluding carboxylic acids is 1. The molecule has 2 atom stereocenters. The van der Waals surface area contributed by atoms with Crippen LogP contribution < -0.4 is 5.32 Å². The van der Waals surface area contributed by atoms with E-state index in [9.17, 15) is 4.79 Å². The Labute approximate surface area is 71.2 Å². The number of hydrogen-bond donors (Lipinski definition) is 1. The minimum atomic E-state index is -0.294. The Morgan fingerprint density at radius 3 is 3.08 bits per heavy atom. The molecule has 2 aliphatic heterocycles. The standard InChI is InChI=1S/C8H13NO3/c10-8-9-6(5-12-8)4-7-2-1-3-11-7/h6-7H,1-5H2,(H,9,10). The van der Waals surface area contributed by atoms with Gasteiger partial charge in [0.2, 0.25) is 0 Å². The van der Waals surface area contributed by atoms with Crippen molar-refractivity contribution in [2.75, 3.05) is 13.2 Å². The van der Waals surface area contributed by atoms with Crippen LogP contribution in [0.2, 0.25) is 0 Å². The van der Waals surface area contributed by atoms with Gasteiger partial charge >= 0.3 is 6.09 Å². The Morgan fingerprint density at radius 1 is 1.58 bits per heavy atom. The van der Waals surface area contributed by atoms with Gasteiger partial charge in [-0.25, -0.2) is 4.79 Å². The molecule has 2 saturated heterocycles. The smallest absolute Gasteiger partial charge is 0.407 e. The number of alkyl carbamates (subject to hydrolysis) is 1. The van der Waals surface area contributed by atoms with Gasteiger partial charge in [-0.1, -0.05) is 0 Å². The molecule has 2 aliphatic rings. The maximum absolute atomic E-state index is 10.7. The van der Waals surface area contributed by atoms with Crippen molar-refractivity contribution in [3.8, 4) is 0 Å². The molecule has 0 aromatic heterocycles. The van der Waals surface area contributed by atoms with Crippen LogP contribution in [0.4, 0.5) is 4.79 Å². The zero-order valence-electron chi connectivity index (χ0n) is 6.91. The first kappa shape index (κ1) is 7.86. The van der Waals surface area contributed by atoms with Gasteiger partial charge in [0.15, 0.2) is 0 Å². The zero-order chi connectivity index (χ0) is 8.39. The van der Waals surface area contributed by atoms with E-state index in [1.165, 1.54) is 0 Å². The number of nitrogens with one attached hydrogen (secondary N) is 1. The molecule has 68 valence electrons. The van der Waals surface area contributed by atoms with Crippen LogP contribution in [0.1, 0.15) is 19.3 Å². The molecule has 1 amide bonds. The van der Waals surface area contributed by atoms with E-state index in [-0.39, 0.29) is 12.1 Å². The molecule has 0 radical (unpaired) electrons. The van der Waals surface area contributed by atoms with Crippen LogP contribution in [0.15, 0.2) is 0 Å². The van der Waals surface area contributed by atoms with Gasteiger partial charge < -0.3 is 14.8 Å². The molecule has 4 nitrogen and oxygen atoms in total. The fourth-order valence-electron chi connectivity index (χ4n) is 1.70. The highest BCUT2D eigenvalue weighted by Gasteiger charge is 2.27. The van der Waals surface area contributed by atoms with E-state index < -0.39 is 0 Å². The third-order valence-corrected chi connectivity index (χ3v) is 2.31. The fourth-order valence-corrected chi connectivity index (χ4v) is 1.70. The van der Waals surface area contributed by atoms with E-state index >= 15 is 0 Å². The molecule has 0 bridgehead atoms. The van der Waals surface area contributed by atoms with Gasteiger partial charge in [-0.05, 0) is 19.3 Å². The number of amides is 1. The van der Waals surface area contributed by atoms with Gasteiger partial charge in [0.25, 0.3) is 0 Å². The second-order valence-corrected chi connectivity index (χ2v) is 3.31. The Balaban J connectivity index is 1.75. The van der Waals surface area contributed by atoms with Crippen molar-refractivity contribution in [2.24, 2.45) is 0 Å². The first-order valence-corrected chi connectivity index (χ1v) is 4.39. The predicted molar refractivity (Wildman–Crippen MR) is 41.9 cm³/mol. The van der Waals surface area contributed by atoms with E-state index in [1.54, 1.807) is 0 Å². The maximum Gasteiger partial charge on any atom is 0.407 e. The topological polar surface area (TPSA) is 47.6 Å². The molecular formula is C8H13NO3. The van der Waals surface area contributed by atoms with Crippen LogP contribution in [0.25, 0.3) is 0 Å². The Hall–Kier alpha value is -0.770. The normalized spacial score (nSPS) is 34.8. The quantitative estimate of drug-likeness (QED) is 0.664. The second-order valence-electron chi connectivity index (χ2n) is 3.31. The van der Waals surface area contributed by atoms with Crippen molar-refractivity contribution < 1.29 is 14.3 Å². The molecule has 2 rings (SSSR count). The van der Waals surface area contributed by atoms with E-state index in [1.807, 2.05) is 0 Å². The summed E-state index contributed by atoms with van der Waals surface area (Å²) in [6.45, 7) is 1.37. The predicted octanol–water partition coefficient (Wildman–Crippen LogP) is 0.664. The molecule has 0 saturated carbocycles. The number of hydrogen-bond acceptors (Lipinski definition) is 3. The largest absolute Gasteiger partial charge is 0.447 e. The van der Waals surface area contributed by atoms with Gasteiger partial charge in [-0.2, -0.15) is 0 Å². The summed E-state index contributed by atoms with van der Waals surface area (Å²) in [5, 5.41) is 2.74. The van der Waals surface area contributed by atoms with Crippen LogP contribution in [-0.2, 0) is 9.47 Å². The van der Waals surface area contributed by atoms with Crippen molar-refractivity contribution in [1.82, 2.24) is 5.32 Å². The lowest BCUT2D eigenvalue weighted by atomic mass is 10.1. The maximum atomic E-state index is 10.7. The van der Waals surface area contributed by atoms with Crippen LogP contribution >= 0.6 is 0 Å². The van der Waals surface area contributed by atoms with Crippen LogP contribution in [0.5, 0.6) is 0 Å². The minimum Gasteiger partial charge on any atom is -0.447 e. The highest BCUT2D eigenvalue weighted by atomic mass is 16.6. The molecule has 4 heteroatoms. The lowest BCUT2D eigenvalue weighted by Crippen LogP contribution is -2.30. The van der Waals surface area contributed by atoms with E-state index in [2.05, 4.69) is 5.32 Å².